The molecule has 1 aliphatic rings. The van der Waals surface area contributed by atoms with Crippen LogP contribution in [0.3, 0.4) is 0 Å². The fraction of sp³-hybridized carbons (Fsp3) is 0.500. The molecule has 112 valence electrons. The molecule has 0 aliphatic carbocycles. The van der Waals surface area contributed by atoms with E-state index in [1.54, 1.807) is 11.3 Å². The highest BCUT2D eigenvalue weighted by molar-refractivity contribution is 7.07. The van der Waals surface area contributed by atoms with Gasteiger partial charge in [-0.25, -0.2) is 0 Å². The molecule has 21 heavy (non-hydrogen) atoms. The molecule has 5 heteroatoms. The number of rotatable bonds is 4. The Bertz CT molecular complexity index is 590. The van der Waals surface area contributed by atoms with Gasteiger partial charge >= 0.3 is 0 Å². The van der Waals surface area contributed by atoms with Gasteiger partial charge in [0.15, 0.2) is 0 Å². The number of piperidine rings is 1. The number of hydrogen-bond donors (Lipinski definition) is 0. The number of nitrogens with zero attached hydrogens (tertiary/aromatic N) is 3. The van der Waals surface area contributed by atoms with E-state index in [9.17, 15) is 4.79 Å². The number of hydrogen-bond acceptors (Lipinski definition) is 3. The molecule has 1 amide bonds. The minimum atomic E-state index is 0.273. The monoisotopic (exact) mass is 303 g/mol. The molecule has 2 aromatic rings. The Morgan fingerprint density at radius 2 is 2.43 bits per heavy atom. The van der Waals surface area contributed by atoms with Gasteiger partial charge < -0.3 is 4.90 Å². The van der Waals surface area contributed by atoms with Crippen molar-refractivity contribution >= 4 is 17.2 Å². The molecule has 2 aromatic heterocycles. The third-order valence-corrected chi connectivity index (χ3v) is 4.79. The lowest BCUT2D eigenvalue weighted by Crippen LogP contribution is -2.40. The molecular weight excluding hydrogens is 282 g/mol. The van der Waals surface area contributed by atoms with E-state index < -0.39 is 0 Å². The first kappa shape index (κ1) is 14.3. The van der Waals surface area contributed by atoms with Crippen LogP contribution in [0.15, 0.2) is 29.2 Å². The molecule has 1 saturated heterocycles. The zero-order valence-electron chi connectivity index (χ0n) is 12.4. The van der Waals surface area contributed by atoms with E-state index in [1.807, 2.05) is 15.8 Å². The maximum Gasteiger partial charge on any atom is 0.222 e. The van der Waals surface area contributed by atoms with Gasteiger partial charge in [0, 0.05) is 25.7 Å². The molecule has 0 unspecified atom stereocenters. The Labute approximate surface area is 129 Å². The lowest BCUT2D eigenvalue weighted by atomic mass is 10.0. The SMILES string of the molecule is Cc1cnn([C@@H]2CCCN(C(=O)CCc3ccsc3)C2)c1. The predicted octanol–water partition coefficient (Wildman–Crippen LogP) is 3.05. The van der Waals surface area contributed by atoms with Crippen molar-refractivity contribution in [1.82, 2.24) is 14.7 Å². The summed E-state index contributed by atoms with van der Waals surface area (Å²) >= 11 is 1.69. The molecule has 0 radical (unpaired) electrons. The molecule has 0 bridgehead atoms. The first-order chi connectivity index (χ1) is 10.2. The van der Waals surface area contributed by atoms with Crippen LogP contribution >= 0.6 is 11.3 Å². The number of aromatic nitrogens is 2. The largest absolute Gasteiger partial charge is 0.341 e. The van der Waals surface area contributed by atoms with Crippen LogP contribution in [0.4, 0.5) is 0 Å². The molecule has 3 rings (SSSR count). The minimum Gasteiger partial charge on any atom is -0.341 e. The highest BCUT2D eigenvalue weighted by atomic mass is 32.1. The van der Waals surface area contributed by atoms with Crippen LogP contribution in [-0.2, 0) is 11.2 Å². The van der Waals surface area contributed by atoms with E-state index in [1.165, 1.54) is 11.1 Å². The van der Waals surface area contributed by atoms with E-state index in [-0.39, 0.29) is 5.91 Å². The van der Waals surface area contributed by atoms with Crippen molar-refractivity contribution in [2.45, 2.75) is 38.6 Å². The Kier molecular flexibility index (Phi) is 4.39. The van der Waals surface area contributed by atoms with Crippen LogP contribution in [0, 0.1) is 6.92 Å². The lowest BCUT2D eigenvalue weighted by Gasteiger charge is -2.33. The summed E-state index contributed by atoms with van der Waals surface area (Å²) in [5, 5.41) is 8.59. The second kappa shape index (κ2) is 6.43. The van der Waals surface area contributed by atoms with Gasteiger partial charge in [-0.05, 0) is 54.1 Å². The molecule has 0 N–H and O–H groups in total. The molecule has 0 aromatic carbocycles. The summed E-state index contributed by atoms with van der Waals surface area (Å²) in [7, 11) is 0. The second-order valence-electron chi connectivity index (χ2n) is 5.77. The van der Waals surface area contributed by atoms with Crippen LogP contribution in [0.5, 0.6) is 0 Å². The van der Waals surface area contributed by atoms with Crippen molar-refractivity contribution in [2.24, 2.45) is 0 Å². The summed E-state index contributed by atoms with van der Waals surface area (Å²) in [4.78, 5) is 14.4. The van der Waals surface area contributed by atoms with Gasteiger partial charge in [0.2, 0.25) is 5.91 Å². The number of likely N-dealkylation sites (tertiary alicyclic amines) is 1. The lowest BCUT2D eigenvalue weighted by molar-refractivity contribution is -0.132. The first-order valence-corrected chi connectivity index (χ1v) is 8.46. The molecular formula is C16H21N3OS. The zero-order chi connectivity index (χ0) is 14.7. The van der Waals surface area contributed by atoms with Crippen LogP contribution in [0.1, 0.15) is 36.4 Å². The third kappa shape index (κ3) is 3.53. The first-order valence-electron chi connectivity index (χ1n) is 7.52. The Morgan fingerprint density at radius 3 is 3.14 bits per heavy atom. The van der Waals surface area contributed by atoms with Crippen molar-refractivity contribution in [3.05, 3.63) is 40.3 Å². The van der Waals surface area contributed by atoms with E-state index >= 15 is 0 Å². The van der Waals surface area contributed by atoms with E-state index in [0.29, 0.717) is 12.5 Å². The van der Waals surface area contributed by atoms with E-state index in [4.69, 9.17) is 0 Å². The van der Waals surface area contributed by atoms with Crippen molar-refractivity contribution in [2.75, 3.05) is 13.1 Å². The van der Waals surface area contributed by atoms with Crippen LogP contribution in [0.2, 0.25) is 0 Å². The molecule has 1 aliphatic heterocycles. The van der Waals surface area contributed by atoms with Gasteiger partial charge in [-0.1, -0.05) is 0 Å². The quantitative estimate of drug-likeness (QED) is 0.870. The fourth-order valence-corrected chi connectivity index (χ4v) is 3.58. The van der Waals surface area contributed by atoms with Crippen LogP contribution in [-0.4, -0.2) is 33.7 Å². The van der Waals surface area contributed by atoms with Crippen LogP contribution in [0.25, 0.3) is 0 Å². The predicted molar refractivity (Wildman–Crippen MR) is 84.5 cm³/mol. The molecule has 0 spiro atoms. The second-order valence-corrected chi connectivity index (χ2v) is 6.55. The zero-order valence-corrected chi connectivity index (χ0v) is 13.2. The minimum absolute atomic E-state index is 0.273. The molecule has 1 fully saturated rings. The van der Waals surface area contributed by atoms with Crippen molar-refractivity contribution in [3.63, 3.8) is 0 Å². The van der Waals surface area contributed by atoms with E-state index in [2.05, 4.69) is 35.0 Å². The summed E-state index contributed by atoms with van der Waals surface area (Å²) in [5.41, 5.74) is 2.44. The normalized spacial score (nSPS) is 18.9. The Morgan fingerprint density at radius 1 is 1.52 bits per heavy atom. The van der Waals surface area contributed by atoms with E-state index in [0.717, 1.165) is 32.4 Å². The standard InChI is InChI=1S/C16H21N3OS/c1-13-9-17-19(10-13)15-3-2-7-18(11-15)16(20)5-4-14-6-8-21-12-14/h6,8-10,12,15H,2-5,7,11H2,1H3/t15-/m1/s1. The van der Waals surface area contributed by atoms with Crippen molar-refractivity contribution < 1.29 is 4.79 Å². The number of thiophene rings is 1. The molecule has 4 nitrogen and oxygen atoms in total. The summed E-state index contributed by atoms with van der Waals surface area (Å²) in [6, 6.07) is 2.43. The number of amides is 1. The number of carbonyl (C=O) groups excluding carboxylic acids is 1. The highest BCUT2D eigenvalue weighted by Crippen LogP contribution is 2.22. The maximum atomic E-state index is 12.4. The summed E-state index contributed by atoms with van der Waals surface area (Å²) in [6.07, 6.45) is 7.59. The van der Waals surface area contributed by atoms with Gasteiger partial charge in [-0.3, -0.25) is 9.48 Å². The Balaban J connectivity index is 1.56. The third-order valence-electron chi connectivity index (χ3n) is 4.06. The van der Waals surface area contributed by atoms with Gasteiger partial charge in [0.25, 0.3) is 0 Å². The average Bonchev–Trinajstić information content (AvgIpc) is 3.16. The summed E-state index contributed by atoms with van der Waals surface area (Å²) < 4.78 is 2.02. The number of carbonyl (C=O) groups is 1. The Hall–Kier alpha value is -1.62. The molecule has 1 atom stereocenters. The smallest absolute Gasteiger partial charge is 0.222 e. The maximum absolute atomic E-state index is 12.4. The van der Waals surface area contributed by atoms with Crippen molar-refractivity contribution in [1.29, 1.82) is 0 Å². The molecule has 0 saturated carbocycles. The molecule has 3 heterocycles. The van der Waals surface area contributed by atoms with Crippen LogP contribution < -0.4 is 0 Å². The number of aryl methyl sites for hydroxylation is 2. The van der Waals surface area contributed by atoms with Crippen molar-refractivity contribution in [3.8, 4) is 0 Å². The highest BCUT2D eigenvalue weighted by Gasteiger charge is 2.24. The summed E-state index contributed by atoms with van der Waals surface area (Å²) in [5.74, 6) is 0.273. The van der Waals surface area contributed by atoms with Gasteiger partial charge in [-0.15, -0.1) is 0 Å². The van der Waals surface area contributed by atoms with Gasteiger partial charge in [-0.2, -0.15) is 16.4 Å². The summed E-state index contributed by atoms with van der Waals surface area (Å²) in [6.45, 7) is 3.74. The van der Waals surface area contributed by atoms with Gasteiger partial charge in [0.1, 0.15) is 0 Å². The van der Waals surface area contributed by atoms with Gasteiger partial charge in [0.05, 0.1) is 12.2 Å². The fourth-order valence-electron chi connectivity index (χ4n) is 2.87. The topological polar surface area (TPSA) is 38.1 Å². The average molecular weight is 303 g/mol.